The Morgan fingerprint density at radius 3 is 3.07 bits per heavy atom. The van der Waals surface area contributed by atoms with Crippen molar-refractivity contribution in [3.05, 3.63) is 45.8 Å². The Bertz CT molecular complexity index is 408. The van der Waals surface area contributed by atoms with Crippen molar-refractivity contribution in [1.29, 1.82) is 0 Å². The number of hydrogen-bond donors (Lipinski definition) is 1. The maximum absolute atomic E-state index is 8.02. The van der Waals surface area contributed by atoms with Crippen LogP contribution in [-0.4, -0.2) is 6.54 Å². The molecule has 0 bridgehead atoms. The van der Waals surface area contributed by atoms with Crippen LogP contribution in [0.15, 0.2) is 29.4 Å². The van der Waals surface area contributed by atoms with Gasteiger partial charge in [-0.2, -0.15) is 0 Å². The van der Waals surface area contributed by atoms with Crippen molar-refractivity contribution in [1.82, 2.24) is 0 Å². The molecule has 0 atom stereocenters. The molecule has 70 valence electrons. The van der Waals surface area contributed by atoms with E-state index in [1.165, 1.54) is 0 Å². The molecule has 14 heavy (non-hydrogen) atoms. The fourth-order valence-electron chi connectivity index (χ4n) is 0.985. The molecule has 0 saturated carbocycles. The van der Waals surface area contributed by atoms with Crippen LogP contribution in [0.5, 0.6) is 0 Å². The normalized spacial score (nSPS) is 8.36. The Morgan fingerprint density at radius 1 is 1.50 bits per heavy atom. The molecule has 4 nitrogen and oxygen atoms in total. The van der Waals surface area contributed by atoms with Crippen molar-refractivity contribution in [3.8, 4) is 11.8 Å². The Morgan fingerprint density at radius 2 is 2.36 bits per heavy atom. The average molecular weight is 186 g/mol. The van der Waals surface area contributed by atoms with Crippen LogP contribution in [0.25, 0.3) is 10.4 Å². The molecular formula is C10H10N4. The van der Waals surface area contributed by atoms with Crippen molar-refractivity contribution >= 4 is 0 Å². The SMILES string of the molecule is [N-]=[N+]=NCC#Cc1cccc(CN)c1. The van der Waals surface area contributed by atoms with Crippen molar-refractivity contribution in [2.75, 3.05) is 6.54 Å². The second-order valence-corrected chi connectivity index (χ2v) is 2.60. The highest BCUT2D eigenvalue weighted by molar-refractivity contribution is 5.37. The minimum absolute atomic E-state index is 0.198. The second-order valence-electron chi connectivity index (χ2n) is 2.60. The zero-order valence-electron chi connectivity index (χ0n) is 7.64. The van der Waals surface area contributed by atoms with Gasteiger partial charge in [0.05, 0.1) is 6.54 Å². The highest BCUT2D eigenvalue weighted by atomic mass is 15.1. The van der Waals surface area contributed by atoms with E-state index >= 15 is 0 Å². The fourth-order valence-corrected chi connectivity index (χ4v) is 0.985. The molecule has 0 amide bonds. The molecule has 0 aromatic heterocycles. The van der Waals surface area contributed by atoms with Crippen LogP contribution in [0.1, 0.15) is 11.1 Å². The Kier molecular flexibility index (Phi) is 4.09. The third kappa shape index (κ3) is 3.20. The standard InChI is InChI=1S/C10H10N4/c11-8-10-4-1-3-9(7-10)5-2-6-13-14-12/h1,3-4,7H,6,8,11H2. The summed E-state index contributed by atoms with van der Waals surface area (Å²) in [5.41, 5.74) is 15.4. The van der Waals surface area contributed by atoms with Crippen LogP contribution in [0.3, 0.4) is 0 Å². The molecule has 0 spiro atoms. The summed E-state index contributed by atoms with van der Waals surface area (Å²) in [6.45, 7) is 0.704. The van der Waals surface area contributed by atoms with Gasteiger partial charge >= 0.3 is 0 Å². The highest BCUT2D eigenvalue weighted by Gasteiger charge is 1.89. The summed E-state index contributed by atoms with van der Waals surface area (Å²) >= 11 is 0. The summed E-state index contributed by atoms with van der Waals surface area (Å²) in [7, 11) is 0. The van der Waals surface area contributed by atoms with Crippen LogP contribution in [-0.2, 0) is 6.54 Å². The number of nitrogens with two attached hydrogens (primary N) is 1. The van der Waals surface area contributed by atoms with E-state index < -0.39 is 0 Å². The minimum atomic E-state index is 0.198. The molecule has 0 heterocycles. The van der Waals surface area contributed by atoms with Crippen molar-refractivity contribution in [3.63, 3.8) is 0 Å². The Labute approximate surface area is 82.4 Å². The van der Waals surface area contributed by atoms with E-state index in [9.17, 15) is 0 Å². The zero-order chi connectivity index (χ0) is 10.2. The summed E-state index contributed by atoms with van der Waals surface area (Å²) in [6, 6.07) is 7.66. The molecule has 2 N–H and O–H groups in total. The van der Waals surface area contributed by atoms with E-state index in [-0.39, 0.29) is 6.54 Å². The Hall–Kier alpha value is -1.95. The molecule has 0 radical (unpaired) electrons. The van der Waals surface area contributed by atoms with Gasteiger partial charge in [0.15, 0.2) is 0 Å². The van der Waals surface area contributed by atoms with Gasteiger partial charge in [0.25, 0.3) is 0 Å². The second kappa shape index (κ2) is 5.65. The van der Waals surface area contributed by atoms with Crippen LogP contribution >= 0.6 is 0 Å². The molecule has 1 rings (SSSR count). The fraction of sp³-hybridized carbons (Fsp3) is 0.200. The van der Waals surface area contributed by atoms with Gasteiger partial charge in [-0.25, -0.2) is 0 Å². The molecule has 0 saturated heterocycles. The number of hydrogen-bond acceptors (Lipinski definition) is 2. The summed E-state index contributed by atoms with van der Waals surface area (Å²) < 4.78 is 0. The maximum Gasteiger partial charge on any atom is 0.0880 e. The first-order chi connectivity index (χ1) is 6.86. The van der Waals surface area contributed by atoms with E-state index in [2.05, 4.69) is 21.9 Å². The van der Waals surface area contributed by atoms with Gasteiger partial charge in [0.2, 0.25) is 0 Å². The van der Waals surface area contributed by atoms with E-state index in [4.69, 9.17) is 11.3 Å². The predicted molar refractivity (Wildman–Crippen MR) is 55.2 cm³/mol. The van der Waals surface area contributed by atoms with E-state index in [1.807, 2.05) is 24.3 Å². The molecule has 1 aromatic rings. The van der Waals surface area contributed by atoms with Gasteiger partial charge in [0.1, 0.15) is 0 Å². The number of azide groups is 1. The van der Waals surface area contributed by atoms with E-state index in [1.54, 1.807) is 0 Å². The molecule has 4 heteroatoms. The van der Waals surface area contributed by atoms with E-state index in [0.29, 0.717) is 6.54 Å². The first kappa shape index (κ1) is 10.1. The average Bonchev–Trinajstić information content (AvgIpc) is 2.25. The third-order valence-corrected chi connectivity index (χ3v) is 1.61. The lowest BCUT2D eigenvalue weighted by Gasteiger charge is -1.95. The lowest BCUT2D eigenvalue weighted by atomic mass is 10.1. The molecule has 0 unspecified atom stereocenters. The summed E-state index contributed by atoms with van der Waals surface area (Å²) in [4.78, 5) is 2.60. The largest absolute Gasteiger partial charge is 0.326 e. The molecule has 0 aliphatic rings. The molecule has 0 aliphatic carbocycles. The number of rotatable bonds is 2. The lowest BCUT2D eigenvalue weighted by Crippen LogP contribution is -1.95. The quantitative estimate of drug-likeness (QED) is 0.325. The topological polar surface area (TPSA) is 74.8 Å². The number of benzene rings is 1. The first-order valence-corrected chi connectivity index (χ1v) is 4.15. The van der Waals surface area contributed by atoms with E-state index in [0.717, 1.165) is 11.1 Å². The van der Waals surface area contributed by atoms with Gasteiger partial charge in [-0.15, -0.1) is 0 Å². The molecule has 0 aliphatic heterocycles. The van der Waals surface area contributed by atoms with Crippen LogP contribution in [0.4, 0.5) is 0 Å². The smallest absolute Gasteiger partial charge is 0.0880 e. The number of nitrogens with zero attached hydrogens (tertiary/aromatic N) is 3. The van der Waals surface area contributed by atoms with Crippen molar-refractivity contribution in [2.24, 2.45) is 10.8 Å². The maximum atomic E-state index is 8.02. The van der Waals surface area contributed by atoms with Gasteiger partial charge in [-0.1, -0.05) is 29.1 Å². The van der Waals surface area contributed by atoms with Gasteiger partial charge in [-0.3, -0.25) is 0 Å². The highest BCUT2D eigenvalue weighted by Crippen LogP contribution is 2.02. The lowest BCUT2D eigenvalue weighted by molar-refractivity contribution is 1.07. The summed E-state index contributed by atoms with van der Waals surface area (Å²) in [6.07, 6.45) is 0. The van der Waals surface area contributed by atoms with Gasteiger partial charge < -0.3 is 5.73 Å². The first-order valence-electron chi connectivity index (χ1n) is 4.15. The van der Waals surface area contributed by atoms with Crippen LogP contribution in [0.2, 0.25) is 0 Å². The van der Waals surface area contributed by atoms with Crippen LogP contribution in [0, 0.1) is 11.8 Å². The molecule has 0 fully saturated rings. The van der Waals surface area contributed by atoms with Gasteiger partial charge in [0, 0.05) is 17.0 Å². The predicted octanol–water partition coefficient (Wildman–Crippen LogP) is 1.81. The minimum Gasteiger partial charge on any atom is -0.326 e. The zero-order valence-corrected chi connectivity index (χ0v) is 7.64. The molecular weight excluding hydrogens is 176 g/mol. The Balaban J connectivity index is 2.73. The summed E-state index contributed by atoms with van der Waals surface area (Å²) in [5.74, 6) is 5.63. The van der Waals surface area contributed by atoms with Crippen molar-refractivity contribution < 1.29 is 0 Å². The molecule has 1 aromatic carbocycles. The monoisotopic (exact) mass is 186 g/mol. The summed E-state index contributed by atoms with van der Waals surface area (Å²) in [5, 5.41) is 3.31. The van der Waals surface area contributed by atoms with Crippen molar-refractivity contribution in [2.45, 2.75) is 6.54 Å². The third-order valence-electron chi connectivity index (χ3n) is 1.61. The van der Waals surface area contributed by atoms with Crippen LogP contribution < -0.4 is 5.73 Å². The van der Waals surface area contributed by atoms with Gasteiger partial charge in [-0.05, 0) is 23.2 Å².